The first-order valence-electron chi connectivity index (χ1n) is 10.1. The van der Waals surface area contributed by atoms with Crippen LogP contribution in [0.1, 0.15) is 56.3 Å². The van der Waals surface area contributed by atoms with Crippen molar-refractivity contribution in [1.29, 1.82) is 0 Å². The average molecular weight is 368 g/mol. The monoisotopic (exact) mass is 368 g/mol. The summed E-state index contributed by atoms with van der Waals surface area (Å²) in [7, 11) is 0. The van der Waals surface area contributed by atoms with Crippen molar-refractivity contribution in [1.82, 2.24) is 15.2 Å². The van der Waals surface area contributed by atoms with Crippen molar-refractivity contribution in [2.75, 3.05) is 13.1 Å². The van der Waals surface area contributed by atoms with Crippen molar-refractivity contribution in [2.24, 2.45) is 16.8 Å². The second kappa shape index (κ2) is 7.33. The van der Waals surface area contributed by atoms with Crippen LogP contribution in [0.3, 0.4) is 0 Å². The third kappa shape index (κ3) is 3.84. The van der Waals surface area contributed by atoms with Gasteiger partial charge in [-0.2, -0.15) is 0 Å². The van der Waals surface area contributed by atoms with Crippen LogP contribution in [-0.2, 0) is 4.79 Å². The normalized spacial score (nSPS) is 24.8. The summed E-state index contributed by atoms with van der Waals surface area (Å²) >= 11 is 0. The lowest BCUT2D eigenvalue weighted by molar-refractivity contribution is -0.130. The van der Waals surface area contributed by atoms with Crippen LogP contribution in [0, 0.1) is 11.8 Å². The lowest BCUT2D eigenvalue weighted by Gasteiger charge is -2.32. The van der Waals surface area contributed by atoms with Gasteiger partial charge in [0.2, 0.25) is 5.91 Å². The van der Waals surface area contributed by atoms with Crippen molar-refractivity contribution in [3.8, 4) is 0 Å². The van der Waals surface area contributed by atoms with Crippen LogP contribution in [-0.4, -0.2) is 40.8 Å². The highest BCUT2D eigenvalue weighted by Gasteiger charge is 2.28. The summed E-state index contributed by atoms with van der Waals surface area (Å²) in [5.74, 6) is 0.860. The number of aromatic amines is 1. The highest BCUT2D eigenvalue weighted by atomic mass is 16.2. The molecule has 1 saturated heterocycles. The maximum Gasteiger partial charge on any atom is 0.255 e. The Kier molecular flexibility index (Phi) is 4.89. The number of amides is 2. The molecule has 2 aliphatic heterocycles. The number of allylic oxidation sites excluding steroid dienone is 2. The predicted molar refractivity (Wildman–Crippen MR) is 103 cm³/mol. The molecule has 0 bridgehead atoms. The Balaban J connectivity index is 1.59. The van der Waals surface area contributed by atoms with Gasteiger partial charge in [0.1, 0.15) is 5.36 Å². The zero-order chi connectivity index (χ0) is 19.0. The maximum atomic E-state index is 13.0. The van der Waals surface area contributed by atoms with E-state index in [1.165, 1.54) is 12.8 Å². The summed E-state index contributed by atoms with van der Waals surface area (Å²) in [4.78, 5) is 34.5. The molecule has 4 rings (SSSR count). The maximum absolute atomic E-state index is 13.0. The first-order chi connectivity index (χ1) is 13.0. The Bertz CT molecular complexity index is 894. The van der Waals surface area contributed by atoms with Crippen molar-refractivity contribution in [3.63, 3.8) is 0 Å². The topological polar surface area (TPSA) is 77.6 Å². The minimum atomic E-state index is -0.106. The summed E-state index contributed by atoms with van der Waals surface area (Å²) in [5.41, 5.74) is 1.73. The number of fused-ring (bicyclic) bond motifs is 1. The number of piperidine rings is 1. The van der Waals surface area contributed by atoms with E-state index in [-0.39, 0.29) is 17.9 Å². The first-order valence-corrected chi connectivity index (χ1v) is 10.1. The van der Waals surface area contributed by atoms with Gasteiger partial charge in [-0.05, 0) is 38.0 Å². The van der Waals surface area contributed by atoms with Gasteiger partial charge >= 0.3 is 0 Å². The van der Waals surface area contributed by atoms with E-state index in [4.69, 9.17) is 4.99 Å². The van der Waals surface area contributed by atoms with E-state index in [1.54, 1.807) is 13.1 Å². The summed E-state index contributed by atoms with van der Waals surface area (Å²) < 4.78 is 0. The summed E-state index contributed by atoms with van der Waals surface area (Å²) in [5, 5.41) is 4.82. The molecular weight excluding hydrogens is 340 g/mol. The van der Waals surface area contributed by atoms with Crippen LogP contribution in [0.5, 0.6) is 0 Å². The Morgan fingerprint density at radius 3 is 2.81 bits per heavy atom. The van der Waals surface area contributed by atoms with Crippen molar-refractivity contribution in [2.45, 2.75) is 52.0 Å². The Morgan fingerprint density at radius 1 is 1.30 bits per heavy atom. The van der Waals surface area contributed by atoms with E-state index in [1.807, 2.05) is 4.90 Å². The van der Waals surface area contributed by atoms with Gasteiger partial charge in [-0.15, -0.1) is 0 Å². The van der Waals surface area contributed by atoms with E-state index in [0.717, 1.165) is 42.2 Å². The molecule has 6 nitrogen and oxygen atoms in total. The van der Waals surface area contributed by atoms with Crippen LogP contribution >= 0.6 is 0 Å². The molecule has 3 heterocycles. The largest absolute Gasteiger partial charge is 0.359 e. The summed E-state index contributed by atoms with van der Waals surface area (Å²) in [6, 6.07) is -0.00251. The summed E-state index contributed by atoms with van der Waals surface area (Å²) in [6.45, 7) is 5.12. The average Bonchev–Trinajstić information content (AvgIpc) is 3.45. The van der Waals surface area contributed by atoms with Gasteiger partial charge in [0, 0.05) is 43.9 Å². The molecule has 3 aliphatic rings. The van der Waals surface area contributed by atoms with Gasteiger partial charge in [-0.3, -0.25) is 14.6 Å². The summed E-state index contributed by atoms with van der Waals surface area (Å²) in [6.07, 6.45) is 11.4. The highest BCUT2D eigenvalue weighted by molar-refractivity contribution is 5.94. The standard InChI is InChI=1S/C21H28N4O2/c1-3-14-9-18(15-6-7-15)24-20-17(11-22-19(20)10-14)21(27)23-16-5-4-8-25(12-16)13(2)26/h9-11,14-16,22H,3-8,12H2,1-2H3,(H,23,27). The number of carbonyl (C=O) groups is 2. The molecule has 2 atom stereocenters. The van der Waals surface area contributed by atoms with E-state index in [2.05, 4.69) is 29.4 Å². The number of hydrogen-bond acceptors (Lipinski definition) is 3. The van der Waals surface area contributed by atoms with E-state index >= 15 is 0 Å². The molecule has 1 aromatic heterocycles. The molecule has 1 saturated carbocycles. The van der Waals surface area contributed by atoms with Crippen LogP contribution in [0.4, 0.5) is 0 Å². The van der Waals surface area contributed by atoms with Crippen molar-refractivity contribution in [3.05, 3.63) is 34.2 Å². The van der Waals surface area contributed by atoms with Gasteiger partial charge in [0.05, 0.1) is 10.9 Å². The first kappa shape index (κ1) is 18.0. The zero-order valence-electron chi connectivity index (χ0n) is 16.1. The highest BCUT2D eigenvalue weighted by Crippen LogP contribution is 2.38. The van der Waals surface area contributed by atoms with Crippen LogP contribution < -0.4 is 16.0 Å². The van der Waals surface area contributed by atoms with E-state index in [9.17, 15) is 9.59 Å². The number of rotatable bonds is 4. The molecule has 2 amide bonds. The van der Waals surface area contributed by atoms with E-state index in [0.29, 0.717) is 23.9 Å². The zero-order valence-corrected chi connectivity index (χ0v) is 16.1. The van der Waals surface area contributed by atoms with Crippen LogP contribution in [0.2, 0.25) is 0 Å². The number of likely N-dealkylation sites (tertiary alicyclic amines) is 1. The predicted octanol–water partition coefficient (Wildman–Crippen LogP) is 1.49. The second-order valence-corrected chi connectivity index (χ2v) is 7.96. The quantitative estimate of drug-likeness (QED) is 0.845. The lowest BCUT2D eigenvalue weighted by atomic mass is 10.0. The van der Waals surface area contributed by atoms with Gasteiger partial charge < -0.3 is 15.2 Å². The molecule has 0 aromatic carbocycles. The lowest BCUT2D eigenvalue weighted by Crippen LogP contribution is -2.49. The van der Waals surface area contributed by atoms with Crippen molar-refractivity contribution >= 4 is 17.9 Å². The minimum Gasteiger partial charge on any atom is -0.359 e. The second-order valence-electron chi connectivity index (χ2n) is 7.96. The molecule has 2 unspecified atom stereocenters. The van der Waals surface area contributed by atoms with Gasteiger partial charge in [0.15, 0.2) is 0 Å². The third-order valence-corrected chi connectivity index (χ3v) is 5.80. The minimum absolute atomic E-state index is 0.00251. The number of nitrogens with one attached hydrogen (secondary N) is 2. The number of aromatic nitrogens is 1. The van der Waals surface area contributed by atoms with Gasteiger partial charge in [0.25, 0.3) is 5.91 Å². The fraction of sp³-hybridized carbons (Fsp3) is 0.571. The Hall–Kier alpha value is -2.37. The number of H-pyrrole nitrogens is 1. The molecule has 144 valence electrons. The number of hydrogen-bond donors (Lipinski definition) is 2. The molecule has 1 aromatic rings. The van der Waals surface area contributed by atoms with Gasteiger partial charge in [-0.1, -0.05) is 19.1 Å². The fourth-order valence-electron chi connectivity index (χ4n) is 3.99. The number of carbonyl (C=O) groups excluding carboxylic acids is 2. The smallest absolute Gasteiger partial charge is 0.255 e. The molecular formula is C21H28N4O2. The van der Waals surface area contributed by atoms with Crippen LogP contribution in [0.25, 0.3) is 6.08 Å². The third-order valence-electron chi connectivity index (χ3n) is 5.80. The molecule has 6 heteroatoms. The SMILES string of the molecule is CCC1C=C(C2CC2)N=c2c(C(=O)NC3CCCN(C(C)=O)C3)c[nH]c2=C1. The van der Waals surface area contributed by atoms with Gasteiger partial charge in [-0.25, -0.2) is 0 Å². The molecule has 0 spiro atoms. The molecule has 2 fully saturated rings. The Labute approximate surface area is 159 Å². The van der Waals surface area contributed by atoms with E-state index < -0.39 is 0 Å². The molecule has 27 heavy (non-hydrogen) atoms. The van der Waals surface area contributed by atoms with Crippen LogP contribution in [0.15, 0.2) is 23.0 Å². The molecule has 1 aliphatic carbocycles. The molecule has 2 N–H and O–H groups in total. The molecule has 0 radical (unpaired) electrons. The number of nitrogens with zero attached hydrogens (tertiary/aromatic N) is 2. The van der Waals surface area contributed by atoms with Crippen molar-refractivity contribution < 1.29 is 9.59 Å². The fourth-order valence-corrected chi connectivity index (χ4v) is 3.99. The Morgan fingerprint density at radius 2 is 2.11 bits per heavy atom.